The fourth-order valence-corrected chi connectivity index (χ4v) is 4.30. The number of imide groups is 1. The predicted molar refractivity (Wildman–Crippen MR) is 105 cm³/mol. The topological polar surface area (TPSA) is 131 Å². The van der Waals surface area contributed by atoms with Gasteiger partial charge in [0.15, 0.2) is 0 Å². The Morgan fingerprint density at radius 2 is 2.17 bits per heavy atom. The second-order valence-electron chi connectivity index (χ2n) is 6.39. The van der Waals surface area contributed by atoms with Crippen LogP contribution in [0.25, 0.3) is 10.7 Å². The van der Waals surface area contributed by atoms with Crippen LogP contribution in [0.5, 0.6) is 0 Å². The number of non-ortho nitro benzene ring substituents is 1. The quantitative estimate of drug-likeness (QED) is 0.338. The van der Waals surface area contributed by atoms with Gasteiger partial charge in [-0.2, -0.15) is 4.98 Å². The van der Waals surface area contributed by atoms with E-state index in [9.17, 15) is 19.7 Å². The molecular weight excluding hydrogens is 466 g/mol. The Labute approximate surface area is 175 Å². The molecule has 4 rings (SSSR count). The average Bonchev–Trinajstić information content (AvgIpc) is 3.38. The van der Waals surface area contributed by atoms with Crippen molar-refractivity contribution in [1.29, 1.82) is 0 Å². The Balaban J connectivity index is 1.58. The van der Waals surface area contributed by atoms with Crippen LogP contribution in [-0.4, -0.2) is 31.9 Å². The molecule has 0 radical (unpaired) electrons. The van der Waals surface area contributed by atoms with Gasteiger partial charge in [-0.15, -0.1) is 11.3 Å². The summed E-state index contributed by atoms with van der Waals surface area (Å²) in [6.07, 6.45) is 0. The van der Waals surface area contributed by atoms with Crippen LogP contribution < -0.4 is 5.32 Å². The van der Waals surface area contributed by atoms with Crippen molar-refractivity contribution in [3.63, 3.8) is 0 Å². The maximum absolute atomic E-state index is 13.0. The Bertz CT molecular complexity index is 1140. The number of carbonyl (C=O) groups is 2. The molecule has 1 N–H and O–H groups in total. The van der Waals surface area contributed by atoms with Crippen molar-refractivity contribution in [2.24, 2.45) is 0 Å². The Morgan fingerprint density at radius 3 is 2.86 bits per heavy atom. The van der Waals surface area contributed by atoms with Gasteiger partial charge in [0, 0.05) is 22.0 Å². The molecule has 12 heteroatoms. The largest absolute Gasteiger partial charge is 0.337 e. The van der Waals surface area contributed by atoms with Crippen LogP contribution in [0.1, 0.15) is 18.4 Å². The van der Waals surface area contributed by atoms with Gasteiger partial charge in [-0.05, 0) is 34.5 Å². The Morgan fingerprint density at radius 1 is 1.38 bits per heavy atom. The number of benzene rings is 1. The minimum atomic E-state index is -1.44. The number of carbonyl (C=O) groups excluding carboxylic acids is 2. The van der Waals surface area contributed by atoms with Gasteiger partial charge in [-0.3, -0.25) is 19.8 Å². The molecule has 10 nitrogen and oxygen atoms in total. The highest BCUT2D eigenvalue weighted by atomic mass is 79.9. The first kappa shape index (κ1) is 19.2. The number of nitro groups is 1. The number of thiophene rings is 1. The highest BCUT2D eigenvalue weighted by Gasteiger charge is 2.49. The lowest BCUT2D eigenvalue weighted by molar-refractivity contribution is -0.385. The lowest BCUT2D eigenvalue weighted by atomic mass is 9.91. The zero-order chi connectivity index (χ0) is 20.8. The molecule has 1 aliphatic heterocycles. The van der Waals surface area contributed by atoms with Gasteiger partial charge in [0.05, 0.1) is 9.80 Å². The maximum atomic E-state index is 13.0. The zero-order valence-electron chi connectivity index (χ0n) is 14.8. The molecule has 0 bridgehead atoms. The maximum Gasteiger partial charge on any atom is 0.325 e. The van der Waals surface area contributed by atoms with Crippen LogP contribution in [0.4, 0.5) is 10.5 Å². The first-order valence-corrected chi connectivity index (χ1v) is 9.91. The van der Waals surface area contributed by atoms with Crippen molar-refractivity contribution in [3.8, 4) is 10.7 Å². The molecule has 0 aliphatic carbocycles. The molecule has 3 heterocycles. The fraction of sp³-hybridized carbons (Fsp3) is 0.176. The number of halogens is 1. The predicted octanol–water partition coefficient (Wildman–Crippen LogP) is 3.44. The lowest BCUT2D eigenvalue weighted by Gasteiger charge is -2.21. The zero-order valence-corrected chi connectivity index (χ0v) is 17.2. The van der Waals surface area contributed by atoms with Crippen molar-refractivity contribution in [2.75, 3.05) is 0 Å². The molecular formula is C17H12BrN5O5S. The number of nitro benzene ring substituents is 1. The molecule has 1 fully saturated rings. The van der Waals surface area contributed by atoms with E-state index in [0.717, 1.165) is 14.2 Å². The number of urea groups is 1. The number of hydrogen-bond donors (Lipinski definition) is 1. The van der Waals surface area contributed by atoms with E-state index in [-0.39, 0.29) is 18.1 Å². The van der Waals surface area contributed by atoms with E-state index in [0.29, 0.717) is 11.4 Å². The van der Waals surface area contributed by atoms with Crippen LogP contribution in [0.2, 0.25) is 0 Å². The molecule has 3 aromatic rings. The summed E-state index contributed by atoms with van der Waals surface area (Å²) in [4.78, 5) is 41.8. The second-order valence-corrected chi connectivity index (χ2v) is 8.22. The van der Waals surface area contributed by atoms with Gasteiger partial charge in [0.2, 0.25) is 11.7 Å². The number of hydrogen-bond acceptors (Lipinski definition) is 8. The number of rotatable bonds is 5. The highest BCUT2D eigenvalue weighted by molar-refractivity contribution is 9.10. The molecule has 1 aromatic carbocycles. The normalized spacial score (nSPS) is 18.9. The summed E-state index contributed by atoms with van der Waals surface area (Å²) < 4.78 is 6.06. The van der Waals surface area contributed by atoms with Crippen LogP contribution in [0, 0.1) is 10.1 Å². The molecule has 1 atom stereocenters. The number of nitrogens with one attached hydrogen (secondary N) is 1. The van der Waals surface area contributed by atoms with E-state index in [1.54, 1.807) is 6.07 Å². The molecule has 148 valence electrons. The van der Waals surface area contributed by atoms with E-state index < -0.39 is 22.4 Å². The van der Waals surface area contributed by atoms with Gasteiger partial charge in [0.1, 0.15) is 12.1 Å². The van der Waals surface area contributed by atoms with E-state index in [2.05, 4.69) is 31.4 Å². The molecule has 1 saturated heterocycles. The van der Waals surface area contributed by atoms with Crippen LogP contribution in [0.15, 0.2) is 44.7 Å². The van der Waals surface area contributed by atoms with E-state index >= 15 is 0 Å². The standard InChI is InChI=1S/C17H12BrN5O5S/c1-17(9-3-2-4-11(5-9)23(26)27)15(24)22(16(25)20-17)7-13-19-14(21-28-13)12-6-10(18)8-29-12/h2-6,8H,7H2,1H3,(H,20,25). The van der Waals surface area contributed by atoms with Gasteiger partial charge in [0.25, 0.3) is 11.6 Å². The van der Waals surface area contributed by atoms with Crippen molar-refractivity contribution in [1.82, 2.24) is 20.4 Å². The SMILES string of the molecule is CC1(c2cccc([N+](=O)[O-])c2)NC(=O)N(Cc2nc(-c3cc(Br)cs3)no2)C1=O. The molecule has 0 saturated carbocycles. The van der Waals surface area contributed by atoms with E-state index in [1.807, 2.05) is 11.4 Å². The third kappa shape index (κ3) is 3.40. The Kier molecular flexibility index (Phi) is 4.67. The molecule has 2 aromatic heterocycles. The van der Waals surface area contributed by atoms with Gasteiger partial charge in [-0.1, -0.05) is 17.3 Å². The Hall–Kier alpha value is -3.12. The van der Waals surface area contributed by atoms with Crippen molar-refractivity contribution < 1.29 is 19.0 Å². The number of amides is 3. The van der Waals surface area contributed by atoms with Gasteiger partial charge in [-0.25, -0.2) is 4.79 Å². The summed E-state index contributed by atoms with van der Waals surface area (Å²) in [5, 5.41) is 19.4. The monoisotopic (exact) mass is 477 g/mol. The van der Waals surface area contributed by atoms with Crippen molar-refractivity contribution in [3.05, 3.63) is 61.8 Å². The third-order valence-corrected chi connectivity index (χ3v) is 6.15. The molecule has 1 aliphatic rings. The van der Waals surface area contributed by atoms with E-state index in [4.69, 9.17) is 4.52 Å². The van der Waals surface area contributed by atoms with Crippen LogP contribution in [-0.2, 0) is 16.9 Å². The van der Waals surface area contributed by atoms with Crippen molar-refractivity contribution >= 4 is 44.9 Å². The number of aromatic nitrogens is 2. The fourth-order valence-electron chi connectivity index (χ4n) is 2.95. The second kappa shape index (κ2) is 7.04. The minimum absolute atomic E-state index is 0.0938. The van der Waals surface area contributed by atoms with Gasteiger partial charge >= 0.3 is 6.03 Å². The summed E-state index contributed by atoms with van der Waals surface area (Å²) in [5.41, 5.74) is -1.31. The molecule has 3 amide bonds. The van der Waals surface area contributed by atoms with Crippen molar-refractivity contribution in [2.45, 2.75) is 19.0 Å². The highest BCUT2D eigenvalue weighted by Crippen LogP contribution is 2.32. The smallest absolute Gasteiger partial charge is 0.325 e. The molecule has 29 heavy (non-hydrogen) atoms. The summed E-state index contributed by atoms with van der Waals surface area (Å²) in [5.74, 6) is -0.123. The molecule has 1 unspecified atom stereocenters. The first-order chi connectivity index (χ1) is 13.8. The number of nitrogens with zero attached hydrogens (tertiary/aromatic N) is 4. The summed E-state index contributed by atoms with van der Waals surface area (Å²) >= 11 is 4.76. The van der Waals surface area contributed by atoms with Crippen LogP contribution in [0.3, 0.4) is 0 Å². The van der Waals surface area contributed by atoms with Crippen LogP contribution >= 0.6 is 27.3 Å². The summed E-state index contributed by atoms with van der Waals surface area (Å²) in [6.45, 7) is 1.28. The third-order valence-electron chi connectivity index (χ3n) is 4.46. The first-order valence-electron chi connectivity index (χ1n) is 8.24. The summed E-state index contributed by atoms with van der Waals surface area (Å²) in [6, 6.07) is 6.77. The average molecular weight is 478 g/mol. The van der Waals surface area contributed by atoms with E-state index in [1.165, 1.54) is 36.5 Å². The summed E-state index contributed by atoms with van der Waals surface area (Å²) in [7, 11) is 0. The lowest BCUT2D eigenvalue weighted by Crippen LogP contribution is -2.40. The van der Waals surface area contributed by atoms with Gasteiger partial charge < -0.3 is 9.84 Å². The molecule has 0 spiro atoms. The minimum Gasteiger partial charge on any atom is -0.337 e.